The molecule has 9 nitrogen and oxygen atoms in total. The van der Waals surface area contributed by atoms with Crippen LogP contribution in [0.5, 0.6) is 0 Å². The number of rotatable bonds is 6. The number of ether oxygens (including phenoxy) is 1. The Morgan fingerprint density at radius 1 is 1.26 bits per heavy atom. The van der Waals surface area contributed by atoms with E-state index in [1.165, 1.54) is 43.1 Å². The molecule has 0 N–H and O–H groups in total. The van der Waals surface area contributed by atoms with Crippen LogP contribution < -0.4 is 0 Å². The van der Waals surface area contributed by atoms with Gasteiger partial charge in [0, 0.05) is 26.6 Å². The Bertz CT molecular complexity index is 648. The summed E-state index contributed by atoms with van der Waals surface area (Å²) in [6, 6.07) is 0. The molecule has 0 aromatic carbocycles. The number of carbonyl (C=O) groups excluding carboxylic acids is 1. The van der Waals surface area contributed by atoms with Crippen LogP contribution in [0.25, 0.3) is 0 Å². The van der Waals surface area contributed by atoms with Gasteiger partial charge in [-0.3, -0.25) is 0 Å². The van der Waals surface area contributed by atoms with Crippen molar-refractivity contribution in [1.82, 2.24) is 19.4 Å². The Morgan fingerprint density at radius 2 is 1.96 bits per heavy atom. The molecule has 0 atom stereocenters. The molecule has 0 spiro atoms. The first-order valence-electron chi connectivity index (χ1n) is 9.85. The molecule has 2 aliphatic rings. The molecule has 1 aromatic rings. The van der Waals surface area contributed by atoms with Crippen molar-refractivity contribution >= 4 is 11.9 Å². The Balaban J connectivity index is 1.38. The summed E-state index contributed by atoms with van der Waals surface area (Å²) in [6.07, 6.45) is 6.88. The first-order chi connectivity index (χ1) is 13.0. The van der Waals surface area contributed by atoms with Gasteiger partial charge in [-0.15, -0.1) is 0 Å². The second-order valence-electron chi connectivity index (χ2n) is 7.48. The summed E-state index contributed by atoms with van der Waals surface area (Å²) in [5.41, 5.74) is 0. The summed E-state index contributed by atoms with van der Waals surface area (Å²) in [5, 5.41) is 11.0. The minimum Gasteiger partial charge on any atom is -0.445 e. The molecule has 3 rings (SSSR count). The van der Waals surface area contributed by atoms with E-state index in [1.54, 1.807) is 11.8 Å². The van der Waals surface area contributed by atoms with Crippen molar-refractivity contribution in [3.05, 3.63) is 22.1 Å². The highest BCUT2D eigenvalue weighted by molar-refractivity contribution is 5.67. The lowest BCUT2D eigenvalue weighted by Gasteiger charge is -2.35. The Kier molecular flexibility index (Phi) is 6.65. The molecule has 150 valence electrons. The van der Waals surface area contributed by atoms with Crippen molar-refractivity contribution in [3.8, 4) is 0 Å². The van der Waals surface area contributed by atoms with Crippen LogP contribution in [0, 0.1) is 23.0 Å². The van der Waals surface area contributed by atoms with Crippen molar-refractivity contribution in [2.75, 3.05) is 39.3 Å². The number of carbonyl (C=O) groups is 1. The number of nitrogens with zero attached hydrogens (tertiary/aromatic N) is 5. The fraction of sp³-hybridized carbons (Fsp3) is 0.778. The van der Waals surface area contributed by atoms with Crippen LogP contribution in [-0.2, 0) is 11.3 Å². The van der Waals surface area contributed by atoms with Crippen LogP contribution in [-0.4, -0.2) is 69.7 Å². The summed E-state index contributed by atoms with van der Waals surface area (Å²) in [7, 11) is 0. The Morgan fingerprint density at radius 3 is 2.63 bits per heavy atom. The number of likely N-dealkylation sites (tertiary alicyclic amines) is 2. The molecule has 27 heavy (non-hydrogen) atoms. The number of nitro groups is 1. The maximum absolute atomic E-state index is 12.3. The SMILES string of the molecule is Cc1ncc([N+](=O)[O-])n1CCOC(=O)N1CCC(CN2CCCCC2)CC1. The maximum Gasteiger partial charge on any atom is 0.409 e. The number of amides is 1. The van der Waals surface area contributed by atoms with Gasteiger partial charge in [-0.2, -0.15) is 0 Å². The molecule has 0 unspecified atom stereocenters. The first kappa shape index (κ1) is 19.6. The Labute approximate surface area is 159 Å². The van der Waals surface area contributed by atoms with Gasteiger partial charge in [0.1, 0.15) is 19.3 Å². The summed E-state index contributed by atoms with van der Waals surface area (Å²) in [4.78, 5) is 31.0. The largest absolute Gasteiger partial charge is 0.445 e. The fourth-order valence-electron chi connectivity index (χ4n) is 4.00. The van der Waals surface area contributed by atoms with E-state index >= 15 is 0 Å². The molecule has 0 bridgehead atoms. The molecule has 0 saturated carbocycles. The van der Waals surface area contributed by atoms with Gasteiger partial charge in [0.05, 0.1) is 0 Å². The molecule has 9 heteroatoms. The quantitative estimate of drug-likeness (QED) is 0.557. The zero-order valence-corrected chi connectivity index (χ0v) is 16.0. The number of hydrogen-bond donors (Lipinski definition) is 0. The summed E-state index contributed by atoms with van der Waals surface area (Å²) in [6.45, 7) is 7.05. The highest BCUT2D eigenvalue weighted by Gasteiger charge is 2.26. The second kappa shape index (κ2) is 9.16. The molecule has 2 saturated heterocycles. The van der Waals surface area contributed by atoms with E-state index in [9.17, 15) is 14.9 Å². The molecular formula is C18H29N5O4. The predicted octanol–water partition coefficient (Wildman–Crippen LogP) is 2.43. The number of aryl methyl sites for hydroxylation is 1. The first-order valence-corrected chi connectivity index (χ1v) is 9.85. The average molecular weight is 379 g/mol. The van der Waals surface area contributed by atoms with Crippen LogP contribution in [0.3, 0.4) is 0 Å². The number of imidazole rings is 1. The van der Waals surface area contributed by atoms with Crippen molar-refractivity contribution in [2.45, 2.75) is 45.6 Å². The minimum absolute atomic E-state index is 0.0814. The van der Waals surface area contributed by atoms with Crippen LogP contribution in [0.2, 0.25) is 0 Å². The van der Waals surface area contributed by atoms with Crippen molar-refractivity contribution in [3.63, 3.8) is 0 Å². The van der Waals surface area contributed by atoms with E-state index in [4.69, 9.17) is 4.74 Å². The molecule has 2 aliphatic heterocycles. The van der Waals surface area contributed by atoms with E-state index < -0.39 is 4.92 Å². The lowest BCUT2D eigenvalue weighted by Crippen LogP contribution is -2.43. The van der Waals surface area contributed by atoms with E-state index in [-0.39, 0.29) is 25.1 Å². The Hall–Kier alpha value is -2.16. The summed E-state index contributed by atoms with van der Waals surface area (Å²) < 4.78 is 6.79. The third-order valence-corrected chi connectivity index (χ3v) is 5.60. The van der Waals surface area contributed by atoms with Gasteiger partial charge in [-0.25, -0.2) is 14.3 Å². The molecule has 3 heterocycles. The third kappa shape index (κ3) is 5.18. The average Bonchev–Trinajstić information content (AvgIpc) is 3.04. The van der Waals surface area contributed by atoms with Gasteiger partial charge in [-0.1, -0.05) is 6.42 Å². The molecule has 0 aliphatic carbocycles. The monoisotopic (exact) mass is 379 g/mol. The predicted molar refractivity (Wildman–Crippen MR) is 99.6 cm³/mol. The highest BCUT2D eigenvalue weighted by atomic mass is 16.6. The van der Waals surface area contributed by atoms with Gasteiger partial charge < -0.3 is 24.7 Å². The van der Waals surface area contributed by atoms with Crippen LogP contribution in [0.15, 0.2) is 6.20 Å². The summed E-state index contributed by atoms with van der Waals surface area (Å²) >= 11 is 0. The van der Waals surface area contributed by atoms with E-state index in [2.05, 4.69) is 9.88 Å². The normalized spacial score (nSPS) is 19.2. The number of aromatic nitrogens is 2. The summed E-state index contributed by atoms with van der Waals surface area (Å²) in [5.74, 6) is 1.11. The van der Waals surface area contributed by atoms with Crippen LogP contribution in [0.4, 0.5) is 10.6 Å². The van der Waals surface area contributed by atoms with Gasteiger partial charge in [0.25, 0.3) is 0 Å². The zero-order valence-electron chi connectivity index (χ0n) is 16.0. The van der Waals surface area contributed by atoms with Crippen molar-refractivity contribution in [1.29, 1.82) is 0 Å². The standard InChI is InChI=1S/C18H29N5O4/c1-15-19-13-17(23(25)26)22(15)11-12-27-18(24)21-9-5-16(6-10-21)14-20-7-3-2-4-8-20/h13,16H,2-12,14H2,1H3. The number of piperidine rings is 2. The minimum atomic E-state index is -0.477. The lowest BCUT2D eigenvalue weighted by atomic mass is 9.95. The third-order valence-electron chi connectivity index (χ3n) is 5.60. The molecule has 1 aromatic heterocycles. The van der Waals surface area contributed by atoms with Gasteiger partial charge in [0.15, 0.2) is 5.82 Å². The molecule has 2 fully saturated rings. The number of hydrogen-bond acceptors (Lipinski definition) is 6. The van der Waals surface area contributed by atoms with Crippen LogP contribution in [0.1, 0.15) is 37.9 Å². The van der Waals surface area contributed by atoms with Crippen molar-refractivity contribution < 1.29 is 14.5 Å². The maximum atomic E-state index is 12.3. The fourth-order valence-corrected chi connectivity index (χ4v) is 4.00. The van der Waals surface area contributed by atoms with Gasteiger partial charge >= 0.3 is 11.9 Å². The smallest absolute Gasteiger partial charge is 0.409 e. The molecule has 1 amide bonds. The van der Waals surface area contributed by atoms with Crippen LogP contribution >= 0.6 is 0 Å². The van der Waals surface area contributed by atoms with E-state index in [0.29, 0.717) is 11.7 Å². The zero-order chi connectivity index (χ0) is 19.2. The second-order valence-corrected chi connectivity index (χ2v) is 7.48. The molecular weight excluding hydrogens is 350 g/mol. The lowest BCUT2D eigenvalue weighted by molar-refractivity contribution is -0.392. The topological polar surface area (TPSA) is 93.7 Å². The highest BCUT2D eigenvalue weighted by Crippen LogP contribution is 2.21. The van der Waals surface area contributed by atoms with Gasteiger partial charge in [-0.05, 0) is 49.6 Å². The van der Waals surface area contributed by atoms with E-state index in [0.717, 1.165) is 32.5 Å². The van der Waals surface area contributed by atoms with Crippen molar-refractivity contribution in [2.24, 2.45) is 5.92 Å². The molecule has 0 radical (unpaired) electrons. The van der Waals surface area contributed by atoms with E-state index in [1.807, 2.05) is 0 Å². The van der Waals surface area contributed by atoms with Gasteiger partial charge in [0.2, 0.25) is 0 Å².